The third-order valence-electron chi connectivity index (χ3n) is 5.62. The average Bonchev–Trinajstić information content (AvgIpc) is 3.20. The molecule has 1 fully saturated rings. The molecule has 2 aliphatic rings. The van der Waals surface area contributed by atoms with Crippen LogP contribution in [0.5, 0.6) is 5.75 Å². The summed E-state index contributed by atoms with van der Waals surface area (Å²) in [6.07, 6.45) is 5.81. The van der Waals surface area contributed by atoms with Crippen molar-refractivity contribution < 1.29 is 4.74 Å². The zero-order valence-corrected chi connectivity index (χ0v) is 13.4. The summed E-state index contributed by atoms with van der Waals surface area (Å²) in [6.45, 7) is 7.74. The van der Waals surface area contributed by atoms with E-state index in [1.165, 1.54) is 37.1 Å². The highest BCUT2D eigenvalue weighted by Gasteiger charge is 2.42. The third kappa shape index (κ3) is 2.36. The zero-order chi connectivity index (χ0) is 14.9. The van der Waals surface area contributed by atoms with E-state index in [0.717, 1.165) is 31.6 Å². The average molecular weight is 288 g/mol. The lowest BCUT2D eigenvalue weighted by molar-refractivity contribution is 0.0757. The van der Waals surface area contributed by atoms with Crippen LogP contribution in [0.4, 0.5) is 0 Å². The van der Waals surface area contributed by atoms with Gasteiger partial charge in [-0.15, -0.1) is 0 Å². The maximum absolute atomic E-state index is 6.83. The molecular formula is C18H28N2O. The van der Waals surface area contributed by atoms with Crippen molar-refractivity contribution in [3.63, 3.8) is 0 Å². The van der Waals surface area contributed by atoms with Crippen LogP contribution in [-0.4, -0.2) is 30.1 Å². The molecule has 1 unspecified atom stereocenters. The Balaban J connectivity index is 1.98. The van der Waals surface area contributed by atoms with Gasteiger partial charge < -0.3 is 10.5 Å². The number of hydrogen-bond acceptors (Lipinski definition) is 3. The molecule has 0 aromatic heterocycles. The fourth-order valence-corrected chi connectivity index (χ4v) is 4.27. The Hall–Kier alpha value is -1.06. The second-order valence-corrected chi connectivity index (χ2v) is 6.42. The Morgan fingerprint density at radius 3 is 2.62 bits per heavy atom. The maximum atomic E-state index is 6.83. The first-order chi connectivity index (χ1) is 10.2. The van der Waals surface area contributed by atoms with E-state index in [-0.39, 0.29) is 11.6 Å². The van der Waals surface area contributed by atoms with Crippen LogP contribution in [0, 0.1) is 0 Å². The van der Waals surface area contributed by atoms with Crippen molar-refractivity contribution in [2.45, 2.75) is 57.5 Å². The molecule has 2 N–H and O–H groups in total. The van der Waals surface area contributed by atoms with Crippen molar-refractivity contribution >= 4 is 0 Å². The summed E-state index contributed by atoms with van der Waals surface area (Å²) >= 11 is 0. The zero-order valence-electron chi connectivity index (χ0n) is 13.4. The summed E-state index contributed by atoms with van der Waals surface area (Å²) in [5.41, 5.74) is 9.43. The first-order valence-corrected chi connectivity index (χ1v) is 8.48. The Kier molecular flexibility index (Phi) is 4.23. The topological polar surface area (TPSA) is 38.5 Å². The van der Waals surface area contributed by atoms with E-state index in [2.05, 4.69) is 36.9 Å². The molecule has 1 aromatic carbocycles. The number of hydrogen-bond donors (Lipinski definition) is 1. The van der Waals surface area contributed by atoms with E-state index in [9.17, 15) is 0 Å². The Labute approximate surface area is 128 Å². The largest absolute Gasteiger partial charge is 0.493 e. The first kappa shape index (κ1) is 14.9. The van der Waals surface area contributed by atoms with Crippen LogP contribution in [0.3, 0.4) is 0 Å². The number of ether oxygens (including phenoxy) is 1. The van der Waals surface area contributed by atoms with Crippen LogP contribution in [0.15, 0.2) is 18.2 Å². The van der Waals surface area contributed by atoms with E-state index in [1.54, 1.807) is 0 Å². The molecule has 1 aromatic rings. The van der Waals surface area contributed by atoms with Crippen LogP contribution >= 0.6 is 0 Å². The predicted molar refractivity (Wildman–Crippen MR) is 86.7 cm³/mol. The second-order valence-electron chi connectivity index (χ2n) is 6.42. The number of benzene rings is 1. The molecule has 2 aliphatic heterocycles. The van der Waals surface area contributed by atoms with E-state index < -0.39 is 0 Å². The van der Waals surface area contributed by atoms with Gasteiger partial charge in [0.05, 0.1) is 12.6 Å². The Bertz CT molecular complexity index is 490. The van der Waals surface area contributed by atoms with Gasteiger partial charge in [0.15, 0.2) is 0 Å². The predicted octanol–water partition coefficient (Wildman–Crippen LogP) is 3.28. The Morgan fingerprint density at radius 2 is 1.95 bits per heavy atom. The number of likely N-dealkylation sites (tertiary alicyclic amines) is 1. The van der Waals surface area contributed by atoms with Gasteiger partial charge in [0, 0.05) is 17.5 Å². The summed E-state index contributed by atoms with van der Waals surface area (Å²) in [5.74, 6) is 1.07. The lowest BCUT2D eigenvalue weighted by atomic mass is 9.79. The van der Waals surface area contributed by atoms with Gasteiger partial charge in [-0.2, -0.15) is 0 Å². The summed E-state index contributed by atoms with van der Waals surface area (Å²) < 4.78 is 5.90. The molecule has 3 nitrogen and oxygen atoms in total. The molecule has 21 heavy (non-hydrogen) atoms. The lowest BCUT2D eigenvalue weighted by Gasteiger charge is -2.45. The summed E-state index contributed by atoms with van der Waals surface area (Å²) in [6, 6.07) is 6.51. The van der Waals surface area contributed by atoms with Crippen LogP contribution in [0.2, 0.25) is 0 Å². The quantitative estimate of drug-likeness (QED) is 0.903. The van der Waals surface area contributed by atoms with E-state index in [4.69, 9.17) is 10.5 Å². The van der Waals surface area contributed by atoms with Crippen LogP contribution in [0.25, 0.3) is 0 Å². The molecule has 3 heteroatoms. The van der Waals surface area contributed by atoms with Crippen molar-refractivity contribution in [2.75, 3.05) is 19.7 Å². The van der Waals surface area contributed by atoms with Crippen molar-refractivity contribution in [3.8, 4) is 5.75 Å². The highest BCUT2D eigenvalue weighted by Crippen LogP contribution is 2.42. The molecule has 1 saturated heterocycles. The fraction of sp³-hybridized carbons (Fsp3) is 0.667. The highest BCUT2D eigenvalue weighted by atomic mass is 16.5. The molecule has 116 valence electrons. The second kappa shape index (κ2) is 5.98. The molecule has 3 rings (SSSR count). The van der Waals surface area contributed by atoms with Crippen molar-refractivity contribution in [1.82, 2.24) is 4.90 Å². The molecule has 0 aliphatic carbocycles. The standard InChI is InChI=1S/C18H28N2O/c1-3-18(4-2,20-11-5-6-12-20)17(19)15-9-7-8-14-10-13-21-16(14)15/h7-9,17H,3-6,10-13,19H2,1-2H3. The monoisotopic (exact) mass is 288 g/mol. The van der Waals surface area contributed by atoms with Gasteiger partial charge in [-0.1, -0.05) is 32.0 Å². The van der Waals surface area contributed by atoms with Crippen molar-refractivity contribution in [2.24, 2.45) is 5.73 Å². The summed E-state index contributed by atoms with van der Waals surface area (Å²) in [7, 11) is 0. The summed E-state index contributed by atoms with van der Waals surface area (Å²) in [4.78, 5) is 2.63. The third-order valence-corrected chi connectivity index (χ3v) is 5.62. The Morgan fingerprint density at radius 1 is 1.24 bits per heavy atom. The molecule has 0 bridgehead atoms. The molecule has 0 saturated carbocycles. The number of para-hydroxylation sites is 1. The van der Waals surface area contributed by atoms with Crippen LogP contribution in [-0.2, 0) is 6.42 Å². The number of rotatable bonds is 5. The summed E-state index contributed by atoms with van der Waals surface area (Å²) in [5, 5.41) is 0. The molecule has 1 atom stereocenters. The minimum absolute atomic E-state index is 0.0265. The van der Waals surface area contributed by atoms with Gasteiger partial charge in [0.1, 0.15) is 5.75 Å². The maximum Gasteiger partial charge on any atom is 0.127 e. The van der Waals surface area contributed by atoms with Crippen LogP contribution in [0.1, 0.15) is 56.7 Å². The number of nitrogens with two attached hydrogens (primary N) is 1. The lowest BCUT2D eigenvalue weighted by Crippen LogP contribution is -2.53. The van der Waals surface area contributed by atoms with Gasteiger partial charge in [-0.25, -0.2) is 0 Å². The molecule has 0 spiro atoms. The van der Waals surface area contributed by atoms with Crippen molar-refractivity contribution in [1.29, 1.82) is 0 Å². The highest BCUT2D eigenvalue weighted by molar-refractivity contribution is 5.46. The normalized spacial score (nSPS) is 20.3. The molecular weight excluding hydrogens is 260 g/mol. The molecule has 0 radical (unpaired) electrons. The molecule has 2 heterocycles. The van der Waals surface area contributed by atoms with Gasteiger partial charge in [-0.05, 0) is 44.3 Å². The minimum atomic E-state index is 0.0265. The fourth-order valence-electron chi connectivity index (χ4n) is 4.27. The number of fused-ring (bicyclic) bond motifs is 1. The SMILES string of the molecule is CCC(CC)(C(N)c1cccc2c1OCC2)N1CCCC1. The first-order valence-electron chi connectivity index (χ1n) is 8.48. The smallest absolute Gasteiger partial charge is 0.127 e. The van der Waals surface area contributed by atoms with Gasteiger partial charge >= 0.3 is 0 Å². The van der Waals surface area contributed by atoms with Gasteiger partial charge in [-0.3, -0.25) is 4.90 Å². The number of nitrogens with zero attached hydrogens (tertiary/aromatic N) is 1. The van der Waals surface area contributed by atoms with Gasteiger partial charge in [0.25, 0.3) is 0 Å². The molecule has 0 amide bonds. The van der Waals surface area contributed by atoms with E-state index >= 15 is 0 Å². The van der Waals surface area contributed by atoms with Gasteiger partial charge in [0.2, 0.25) is 0 Å². The van der Waals surface area contributed by atoms with E-state index in [0.29, 0.717) is 0 Å². The van der Waals surface area contributed by atoms with Crippen molar-refractivity contribution in [3.05, 3.63) is 29.3 Å². The van der Waals surface area contributed by atoms with Crippen LogP contribution < -0.4 is 10.5 Å². The minimum Gasteiger partial charge on any atom is -0.493 e. The van der Waals surface area contributed by atoms with E-state index in [1.807, 2.05) is 0 Å².